The number of carbonyl (C=O) groups excluding carboxylic acids is 3. The van der Waals surface area contributed by atoms with Crippen molar-refractivity contribution in [2.45, 2.75) is 58.8 Å². The fourth-order valence-electron chi connectivity index (χ4n) is 4.92. The van der Waals surface area contributed by atoms with Crippen molar-refractivity contribution in [1.82, 2.24) is 5.32 Å². The summed E-state index contributed by atoms with van der Waals surface area (Å²) in [7, 11) is 0. The fraction of sp³-hybridized carbons (Fsp3) is 0.364. The van der Waals surface area contributed by atoms with Crippen molar-refractivity contribution in [3.8, 4) is 0 Å². The Labute approximate surface area is 247 Å². The van der Waals surface area contributed by atoms with Crippen molar-refractivity contribution in [2.75, 3.05) is 35.3 Å². The Balaban J connectivity index is 1.68. The second-order valence-electron chi connectivity index (χ2n) is 10.5. The normalized spacial score (nSPS) is 15.9. The molecular formula is C33H40N4O5. The van der Waals surface area contributed by atoms with Gasteiger partial charge < -0.3 is 30.3 Å². The van der Waals surface area contributed by atoms with E-state index >= 15 is 0 Å². The van der Waals surface area contributed by atoms with Crippen molar-refractivity contribution in [2.24, 2.45) is 0 Å². The lowest BCUT2D eigenvalue weighted by Crippen LogP contribution is -2.56. The van der Waals surface area contributed by atoms with Gasteiger partial charge in [-0.05, 0) is 57.0 Å². The molecule has 0 saturated heterocycles. The summed E-state index contributed by atoms with van der Waals surface area (Å²) >= 11 is 0. The molecule has 3 aromatic carbocycles. The second-order valence-corrected chi connectivity index (χ2v) is 10.5. The van der Waals surface area contributed by atoms with Gasteiger partial charge in [-0.15, -0.1) is 0 Å². The number of benzene rings is 3. The number of fused-ring (bicyclic) bond motifs is 1. The highest BCUT2D eigenvalue weighted by Gasteiger charge is 2.53. The summed E-state index contributed by atoms with van der Waals surface area (Å²) in [5.74, 6) is -0.854. The van der Waals surface area contributed by atoms with Crippen LogP contribution in [0.1, 0.15) is 49.8 Å². The molecule has 3 N–H and O–H groups in total. The number of nitrogens with zero attached hydrogens (tertiary/aromatic N) is 1. The van der Waals surface area contributed by atoms with Gasteiger partial charge in [-0.25, -0.2) is 4.79 Å². The first-order chi connectivity index (χ1) is 20.3. The van der Waals surface area contributed by atoms with Gasteiger partial charge in [0.05, 0.1) is 18.7 Å². The molecule has 42 heavy (non-hydrogen) atoms. The predicted molar refractivity (Wildman–Crippen MR) is 165 cm³/mol. The monoisotopic (exact) mass is 572 g/mol. The van der Waals surface area contributed by atoms with E-state index in [1.165, 1.54) is 0 Å². The van der Waals surface area contributed by atoms with Crippen molar-refractivity contribution >= 4 is 34.9 Å². The molecule has 222 valence electrons. The summed E-state index contributed by atoms with van der Waals surface area (Å²) in [6.07, 6.45) is 0.603. The Morgan fingerprint density at radius 2 is 1.36 bits per heavy atom. The van der Waals surface area contributed by atoms with Gasteiger partial charge in [0.15, 0.2) is 11.8 Å². The second kappa shape index (κ2) is 14.1. The molecule has 0 saturated carbocycles. The number of ether oxygens (including phenoxy) is 2. The Morgan fingerprint density at radius 1 is 0.810 bits per heavy atom. The van der Waals surface area contributed by atoms with E-state index in [0.29, 0.717) is 35.8 Å². The van der Waals surface area contributed by atoms with Crippen LogP contribution in [0.25, 0.3) is 0 Å². The van der Waals surface area contributed by atoms with Gasteiger partial charge in [-0.2, -0.15) is 0 Å². The van der Waals surface area contributed by atoms with Crippen LogP contribution < -0.4 is 20.9 Å². The first-order valence-corrected chi connectivity index (χ1v) is 14.4. The van der Waals surface area contributed by atoms with Gasteiger partial charge in [-0.1, -0.05) is 67.4 Å². The van der Waals surface area contributed by atoms with Crippen LogP contribution in [-0.2, 0) is 24.6 Å². The minimum absolute atomic E-state index is 0.110. The molecule has 0 aromatic heterocycles. The smallest absolute Gasteiger partial charge is 0.320 e. The number of hydrogen-bond acceptors (Lipinski definition) is 5. The zero-order valence-corrected chi connectivity index (χ0v) is 24.7. The van der Waals surface area contributed by atoms with Crippen molar-refractivity contribution in [3.05, 3.63) is 89.5 Å². The molecule has 0 fully saturated rings. The van der Waals surface area contributed by atoms with E-state index in [-0.39, 0.29) is 13.0 Å². The lowest BCUT2D eigenvalue weighted by Gasteiger charge is -2.30. The van der Waals surface area contributed by atoms with E-state index in [1.54, 1.807) is 41.3 Å². The van der Waals surface area contributed by atoms with Gasteiger partial charge >= 0.3 is 6.03 Å². The number of rotatable bonds is 13. The van der Waals surface area contributed by atoms with E-state index in [2.05, 4.69) is 16.0 Å². The van der Waals surface area contributed by atoms with Gasteiger partial charge in [-0.3, -0.25) is 9.59 Å². The maximum atomic E-state index is 14.4. The molecule has 1 aliphatic heterocycles. The maximum Gasteiger partial charge on any atom is 0.320 e. The molecule has 9 heteroatoms. The van der Waals surface area contributed by atoms with E-state index in [9.17, 15) is 14.4 Å². The lowest BCUT2D eigenvalue weighted by molar-refractivity contribution is -0.142. The fourth-order valence-corrected chi connectivity index (χ4v) is 4.92. The van der Waals surface area contributed by atoms with Crippen LogP contribution in [0.15, 0.2) is 72.8 Å². The summed E-state index contributed by atoms with van der Waals surface area (Å²) in [6, 6.07) is 21.3. The third-order valence-electron chi connectivity index (χ3n) is 7.01. The van der Waals surface area contributed by atoms with Gasteiger partial charge in [0, 0.05) is 30.2 Å². The summed E-state index contributed by atoms with van der Waals surface area (Å²) in [5, 5.41) is 8.59. The van der Waals surface area contributed by atoms with Crippen LogP contribution >= 0.6 is 0 Å². The molecule has 4 rings (SSSR count). The third-order valence-corrected chi connectivity index (χ3v) is 7.01. The number of hydrogen-bond donors (Lipinski definition) is 3. The number of urea groups is 1. The highest BCUT2D eigenvalue weighted by molar-refractivity contribution is 6.12. The number of nitrogens with one attached hydrogen (secondary N) is 3. The third kappa shape index (κ3) is 7.35. The Hall–Kier alpha value is -4.21. The summed E-state index contributed by atoms with van der Waals surface area (Å²) < 4.78 is 11.9. The number of anilines is 3. The lowest BCUT2D eigenvalue weighted by atomic mass is 9.87. The molecule has 9 nitrogen and oxygen atoms in total. The molecule has 0 radical (unpaired) electrons. The molecular weight excluding hydrogens is 532 g/mol. The van der Waals surface area contributed by atoms with Crippen LogP contribution in [-0.4, -0.2) is 43.9 Å². The summed E-state index contributed by atoms with van der Waals surface area (Å²) in [4.78, 5) is 42.9. The van der Waals surface area contributed by atoms with Crippen molar-refractivity contribution < 1.29 is 23.9 Å². The van der Waals surface area contributed by atoms with Crippen LogP contribution in [0, 0.1) is 13.8 Å². The van der Waals surface area contributed by atoms with Gasteiger partial charge in [0.1, 0.15) is 0 Å². The SMILES string of the molecule is CCCOC(CN1C(=O)[C@@](CC(=O)Nc2ccc(C)cc2)(NC(=O)Nc2ccc(C)cc2)c2ccccc21)OCCC. The molecule has 0 bridgehead atoms. The zero-order valence-electron chi connectivity index (χ0n) is 24.7. The molecule has 0 spiro atoms. The maximum absolute atomic E-state index is 14.4. The largest absolute Gasteiger partial charge is 0.351 e. The molecule has 1 atom stereocenters. The Morgan fingerprint density at radius 3 is 1.93 bits per heavy atom. The molecule has 3 aromatic rings. The quantitative estimate of drug-likeness (QED) is 0.222. The first-order valence-electron chi connectivity index (χ1n) is 14.4. The van der Waals surface area contributed by atoms with Crippen LogP contribution in [0.4, 0.5) is 21.9 Å². The summed E-state index contributed by atoms with van der Waals surface area (Å²) in [6.45, 7) is 8.97. The molecule has 4 amide bonds. The molecule has 0 unspecified atom stereocenters. The van der Waals surface area contributed by atoms with Crippen LogP contribution in [0.5, 0.6) is 0 Å². The van der Waals surface area contributed by atoms with Crippen molar-refractivity contribution in [3.63, 3.8) is 0 Å². The van der Waals surface area contributed by atoms with Crippen molar-refractivity contribution in [1.29, 1.82) is 0 Å². The zero-order chi connectivity index (χ0) is 30.1. The Bertz CT molecular complexity index is 1300. The van der Waals surface area contributed by atoms with Crippen LogP contribution in [0.2, 0.25) is 0 Å². The van der Waals surface area contributed by atoms with Gasteiger partial charge in [0.25, 0.3) is 5.91 Å². The Kier molecular flexibility index (Phi) is 10.3. The average Bonchev–Trinajstić information content (AvgIpc) is 3.19. The first kappa shape index (κ1) is 30.7. The number of amides is 4. The minimum Gasteiger partial charge on any atom is -0.351 e. The van der Waals surface area contributed by atoms with Crippen LogP contribution in [0.3, 0.4) is 0 Å². The van der Waals surface area contributed by atoms with E-state index < -0.39 is 29.7 Å². The average molecular weight is 573 g/mol. The van der Waals surface area contributed by atoms with E-state index in [1.807, 2.05) is 64.1 Å². The summed E-state index contributed by atoms with van der Waals surface area (Å²) in [5.41, 5.74) is 2.71. The topological polar surface area (TPSA) is 109 Å². The number of para-hydroxylation sites is 1. The highest BCUT2D eigenvalue weighted by atomic mass is 16.7. The minimum atomic E-state index is -1.67. The number of aryl methyl sites for hydroxylation is 2. The predicted octanol–water partition coefficient (Wildman–Crippen LogP) is 5.88. The molecule has 0 aliphatic carbocycles. The van der Waals surface area contributed by atoms with E-state index in [0.717, 1.165) is 24.0 Å². The molecule has 1 aliphatic rings. The number of carbonyl (C=O) groups is 3. The molecule has 1 heterocycles. The highest BCUT2D eigenvalue weighted by Crippen LogP contribution is 2.43. The van der Waals surface area contributed by atoms with Gasteiger partial charge in [0.2, 0.25) is 5.91 Å². The standard InChI is InChI=1S/C33H40N4O5/c1-5-19-41-30(42-20-6-2)22-37-28-10-8-7-9-27(28)33(31(37)39,21-29(38)34-25-15-11-23(3)12-16-25)36-32(40)35-26-17-13-24(4)14-18-26/h7-18,30H,5-6,19-22H2,1-4H3,(H,34,38)(H2,35,36,40)/t33-/m0/s1. The van der Waals surface area contributed by atoms with E-state index in [4.69, 9.17) is 9.47 Å².